The Kier molecular flexibility index (Phi) is 6.13. The summed E-state index contributed by atoms with van der Waals surface area (Å²) in [5.74, 6) is 0.789. The molecule has 6 nitrogen and oxygen atoms in total. The first-order chi connectivity index (χ1) is 6.96. The molecule has 0 bridgehead atoms. The molecule has 0 saturated heterocycles. The van der Waals surface area contributed by atoms with Crippen LogP contribution in [0.25, 0.3) is 0 Å². The minimum atomic E-state index is -4.52. The van der Waals surface area contributed by atoms with Gasteiger partial charge in [-0.05, 0) is 12.1 Å². The maximum atomic E-state index is 10.4. The first-order valence-electron chi connectivity index (χ1n) is 3.92. The molecule has 0 saturated carbocycles. The molecule has 0 atom stereocenters. The zero-order chi connectivity index (χ0) is 11.5. The minimum Gasteiger partial charge on any atom is -0.731 e. The van der Waals surface area contributed by atoms with Crippen LogP contribution in [-0.4, -0.2) is 27.2 Å². The molecule has 0 amide bonds. The molecule has 1 N–H and O–H groups in total. The van der Waals surface area contributed by atoms with Crippen molar-refractivity contribution < 1.29 is 52.0 Å². The van der Waals surface area contributed by atoms with Crippen LogP contribution < -0.4 is 43.8 Å². The van der Waals surface area contributed by atoms with E-state index in [9.17, 15) is 13.0 Å². The molecule has 0 aliphatic heterocycles. The van der Waals surface area contributed by atoms with Gasteiger partial charge in [0.1, 0.15) is 0 Å². The number of ether oxygens (including phenoxy) is 2. The van der Waals surface area contributed by atoms with Gasteiger partial charge >= 0.3 is 29.6 Å². The van der Waals surface area contributed by atoms with Crippen LogP contribution in [0.5, 0.6) is 11.5 Å². The Bertz CT molecular complexity index is 448. The molecular formula is C8H10NNaO5S. The minimum absolute atomic E-state index is 0. The van der Waals surface area contributed by atoms with Crippen molar-refractivity contribution >= 4 is 16.0 Å². The van der Waals surface area contributed by atoms with Crippen LogP contribution in [0.4, 0.5) is 5.69 Å². The largest absolute Gasteiger partial charge is 1.00 e. The predicted molar refractivity (Wildman–Crippen MR) is 52.9 cm³/mol. The van der Waals surface area contributed by atoms with E-state index in [2.05, 4.69) is 0 Å². The van der Waals surface area contributed by atoms with Crippen LogP contribution in [0, 0.1) is 0 Å². The van der Waals surface area contributed by atoms with E-state index in [1.807, 2.05) is 0 Å². The van der Waals surface area contributed by atoms with Crippen molar-refractivity contribution in [3.8, 4) is 11.5 Å². The summed E-state index contributed by atoms with van der Waals surface area (Å²) in [5.41, 5.74) is 0.127. The average molecular weight is 255 g/mol. The molecule has 16 heavy (non-hydrogen) atoms. The average Bonchev–Trinajstić information content (AvgIpc) is 2.15. The van der Waals surface area contributed by atoms with Crippen LogP contribution in [0.3, 0.4) is 0 Å². The Morgan fingerprint density at radius 2 is 1.75 bits per heavy atom. The van der Waals surface area contributed by atoms with E-state index < -0.39 is 10.3 Å². The summed E-state index contributed by atoms with van der Waals surface area (Å²) in [7, 11) is -1.65. The Hall–Kier alpha value is -0.470. The van der Waals surface area contributed by atoms with Crippen LogP contribution in [-0.2, 0) is 10.3 Å². The Balaban J connectivity index is 0.00000225. The Morgan fingerprint density at radius 1 is 1.19 bits per heavy atom. The van der Waals surface area contributed by atoms with Crippen LogP contribution in [0.15, 0.2) is 18.2 Å². The predicted octanol–water partition coefficient (Wildman–Crippen LogP) is -2.42. The molecule has 1 aromatic rings. The van der Waals surface area contributed by atoms with E-state index in [0.29, 0.717) is 11.5 Å². The molecule has 84 valence electrons. The zero-order valence-corrected chi connectivity index (χ0v) is 12.0. The topological polar surface area (TPSA) is 87.7 Å². The summed E-state index contributed by atoms with van der Waals surface area (Å²) in [6.45, 7) is 0. The fourth-order valence-corrected chi connectivity index (χ4v) is 1.46. The first-order valence-corrected chi connectivity index (χ1v) is 5.33. The molecule has 0 radical (unpaired) electrons. The van der Waals surface area contributed by atoms with Crippen molar-refractivity contribution in [2.75, 3.05) is 18.9 Å². The van der Waals surface area contributed by atoms with Gasteiger partial charge in [-0.15, -0.1) is 0 Å². The third-order valence-corrected chi connectivity index (χ3v) is 2.11. The first kappa shape index (κ1) is 15.5. The van der Waals surface area contributed by atoms with Gasteiger partial charge in [0.2, 0.25) is 0 Å². The molecule has 1 rings (SSSR count). The Labute approximate surface area is 116 Å². The van der Waals surface area contributed by atoms with E-state index in [-0.39, 0.29) is 35.2 Å². The molecule has 0 heterocycles. The van der Waals surface area contributed by atoms with E-state index in [4.69, 9.17) is 9.47 Å². The van der Waals surface area contributed by atoms with Gasteiger partial charge in [0, 0.05) is 6.07 Å². The summed E-state index contributed by atoms with van der Waals surface area (Å²) in [6.07, 6.45) is 0. The van der Waals surface area contributed by atoms with Crippen molar-refractivity contribution in [1.29, 1.82) is 0 Å². The molecule has 0 aromatic heterocycles. The maximum Gasteiger partial charge on any atom is 1.00 e. The molecular weight excluding hydrogens is 245 g/mol. The molecule has 1 aromatic carbocycles. The van der Waals surface area contributed by atoms with Gasteiger partial charge in [0.05, 0.1) is 19.9 Å². The smallest absolute Gasteiger partial charge is 0.731 e. The van der Waals surface area contributed by atoms with Gasteiger partial charge in [-0.3, -0.25) is 4.72 Å². The second-order valence-electron chi connectivity index (χ2n) is 2.63. The normalized spacial score (nSPS) is 10.2. The number of hydrogen-bond acceptors (Lipinski definition) is 5. The number of methoxy groups -OCH3 is 2. The van der Waals surface area contributed by atoms with Gasteiger partial charge in [-0.25, -0.2) is 8.42 Å². The SMILES string of the molecule is COc1ccc(NS(=O)(=O)[O-])cc1OC.[Na+]. The fourth-order valence-electron chi connectivity index (χ4n) is 1.04. The number of nitrogens with one attached hydrogen (secondary N) is 1. The maximum absolute atomic E-state index is 10.4. The molecule has 0 aliphatic rings. The van der Waals surface area contributed by atoms with Gasteiger partial charge in [0.25, 0.3) is 0 Å². The molecule has 0 spiro atoms. The van der Waals surface area contributed by atoms with Crippen molar-refractivity contribution in [2.45, 2.75) is 0 Å². The monoisotopic (exact) mass is 255 g/mol. The third-order valence-electron chi connectivity index (χ3n) is 1.63. The molecule has 0 aliphatic carbocycles. The van der Waals surface area contributed by atoms with Crippen molar-refractivity contribution in [2.24, 2.45) is 0 Å². The number of anilines is 1. The summed E-state index contributed by atoms with van der Waals surface area (Å²) in [5, 5.41) is 0. The second kappa shape index (κ2) is 6.31. The van der Waals surface area contributed by atoms with Crippen molar-refractivity contribution in [1.82, 2.24) is 0 Å². The fraction of sp³-hybridized carbons (Fsp3) is 0.250. The van der Waals surface area contributed by atoms with Crippen LogP contribution in [0.1, 0.15) is 0 Å². The third kappa shape index (κ3) is 4.58. The number of hydrogen-bond donors (Lipinski definition) is 1. The van der Waals surface area contributed by atoms with Crippen molar-refractivity contribution in [3.05, 3.63) is 18.2 Å². The van der Waals surface area contributed by atoms with Gasteiger partial charge in [-0.2, -0.15) is 0 Å². The molecule has 8 heteroatoms. The van der Waals surface area contributed by atoms with Gasteiger partial charge in [-0.1, -0.05) is 0 Å². The summed E-state index contributed by atoms with van der Waals surface area (Å²) >= 11 is 0. The number of rotatable bonds is 4. The quantitative estimate of drug-likeness (QED) is 0.478. The van der Waals surface area contributed by atoms with Crippen LogP contribution in [0.2, 0.25) is 0 Å². The second-order valence-corrected chi connectivity index (χ2v) is 3.74. The van der Waals surface area contributed by atoms with E-state index >= 15 is 0 Å². The van der Waals surface area contributed by atoms with Gasteiger partial charge < -0.3 is 14.0 Å². The van der Waals surface area contributed by atoms with E-state index in [1.54, 1.807) is 4.72 Å². The summed E-state index contributed by atoms with van der Waals surface area (Å²) in [6, 6.07) is 4.25. The zero-order valence-electron chi connectivity index (χ0n) is 9.18. The van der Waals surface area contributed by atoms with Gasteiger partial charge in [0.15, 0.2) is 21.8 Å². The van der Waals surface area contributed by atoms with E-state index in [0.717, 1.165) is 0 Å². The molecule has 0 fully saturated rings. The molecule has 0 unspecified atom stereocenters. The van der Waals surface area contributed by atoms with Crippen LogP contribution >= 0.6 is 0 Å². The Morgan fingerprint density at radius 3 is 2.19 bits per heavy atom. The van der Waals surface area contributed by atoms with Crippen molar-refractivity contribution in [3.63, 3.8) is 0 Å². The van der Waals surface area contributed by atoms with E-state index in [1.165, 1.54) is 32.4 Å². The summed E-state index contributed by atoms with van der Waals surface area (Å²) < 4.78 is 42.9. The standard InChI is InChI=1S/C8H11NO5S.Na/c1-13-7-4-3-6(5-8(7)14-2)9-15(10,11)12;/h3-5,9H,1-2H3,(H,10,11,12);/q;+1/p-1. The number of benzene rings is 1. The summed E-state index contributed by atoms with van der Waals surface area (Å²) in [4.78, 5) is 0.